The highest BCUT2D eigenvalue weighted by Crippen LogP contribution is 2.20. The zero-order valence-electron chi connectivity index (χ0n) is 13.9. The van der Waals surface area contributed by atoms with Crippen molar-refractivity contribution in [3.8, 4) is 0 Å². The highest BCUT2D eigenvalue weighted by Gasteiger charge is 2.19. The van der Waals surface area contributed by atoms with Crippen LogP contribution in [0.5, 0.6) is 0 Å². The van der Waals surface area contributed by atoms with Crippen LogP contribution in [0.25, 0.3) is 0 Å². The number of anilines is 1. The van der Waals surface area contributed by atoms with Crippen LogP contribution in [0.1, 0.15) is 18.4 Å². The van der Waals surface area contributed by atoms with Crippen molar-refractivity contribution in [2.75, 3.05) is 24.7 Å². The highest BCUT2D eigenvalue weighted by molar-refractivity contribution is 5.38. The van der Waals surface area contributed by atoms with E-state index in [4.69, 9.17) is 4.74 Å². The van der Waals surface area contributed by atoms with Gasteiger partial charge in [0.25, 0.3) is 5.56 Å². The molecule has 2 aromatic rings. The lowest BCUT2D eigenvalue weighted by molar-refractivity contribution is 0.0681. The molecule has 2 heterocycles. The minimum atomic E-state index is -0.387. The van der Waals surface area contributed by atoms with E-state index in [1.54, 1.807) is 0 Å². The molecule has 6 nitrogen and oxygen atoms in total. The van der Waals surface area contributed by atoms with Crippen molar-refractivity contribution in [3.63, 3.8) is 0 Å². The predicted molar refractivity (Wildman–Crippen MR) is 93.3 cm³/mol. The first kappa shape index (κ1) is 16.5. The summed E-state index contributed by atoms with van der Waals surface area (Å²) in [5.41, 5.74) is 0.465. The Morgan fingerprint density at radius 3 is 2.58 bits per heavy atom. The van der Waals surface area contributed by atoms with Crippen LogP contribution in [0.2, 0.25) is 0 Å². The normalized spacial score (nSPS) is 15.4. The largest absolute Gasteiger partial charge is 0.381 e. The molecule has 0 bridgehead atoms. The summed E-state index contributed by atoms with van der Waals surface area (Å²) in [6.07, 6.45) is 2.00. The quantitative estimate of drug-likeness (QED) is 0.903. The number of ether oxygens (including phenoxy) is 1. The molecule has 6 heteroatoms. The third-order valence-electron chi connectivity index (χ3n) is 4.51. The van der Waals surface area contributed by atoms with Gasteiger partial charge in [-0.1, -0.05) is 30.3 Å². The smallest absolute Gasteiger partial charge is 0.329 e. The van der Waals surface area contributed by atoms with Crippen LogP contribution < -0.4 is 16.1 Å². The SMILES string of the molecule is Cn1c(=O)cc(N(Cc2ccccc2)CC2CCOCC2)[nH]c1=O. The molecule has 24 heavy (non-hydrogen) atoms. The summed E-state index contributed by atoms with van der Waals surface area (Å²) < 4.78 is 6.51. The van der Waals surface area contributed by atoms with Crippen molar-refractivity contribution < 1.29 is 4.74 Å². The number of aromatic amines is 1. The summed E-state index contributed by atoms with van der Waals surface area (Å²) in [5, 5.41) is 0. The molecule has 3 rings (SSSR count). The van der Waals surface area contributed by atoms with E-state index in [-0.39, 0.29) is 11.2 Å². The first-order chi connectivity index (χ1) is 11.6. The molecule has 1 aliphatic heterocycles. The van der Waals surface area contributed by atoms with Crippen LogP contribution in [0.4, 0.5) is 5.82 Å². The summed E-state index contributed by atoms with van der Waals surface area (Å²) in [7, 11) is 1.48. The van der Waals surface area contributed by atoms with Gasteiger partial charge < -0.3 is 9.64 Å². The zero-order valence-corrected chi connectivity index (χ0v) is 13.9. The molecule has 1 aromatic carbocycles. The topological polar surface area (TPSA) is 67.3 Å². The van der Waals surface area contributed by atoms with Gasteiger partial charge in [-0.3, -0.25) is 14.3 Å². The van der Waals surface area contributed by atoms with Crippen LogP contribution in [-0.4, -0.2) is 29.3 Å². The number of benzene rings is 1. The molecule has 0 atom stereocenters. The lowest BCUT2D eigenvalue weighted by atomic mass is 9.99. The zero-order chi connectivity index (χ0) is 16.9. The Bertz CT molecular complexity index is 745. The highest BCUT2D eigenvalue weighted by atomic mass is 16.5. The number of nitrogens with one attached hydrogen (secondary N) is 1. The third-order valence-corrected chi connectivity index (χ3v) is 4.51. The van der Waals surface area contributed by atoms with Gasteiger partial charge in [0, 0.05) is 39.4 Å². The summed E-state index contributed by atoms with van der Waals surface area (Å²) in [4.78, 5) is 28.9. The molecule has 0 amide bonds. The summed E-state index contributed by atoms with van der Waals surface area (Å²) in [6, 6.07) is 11.6. The Labute approximate surface area is 140 Å². The maximum absolute atomic E-state index is 12.0. The molecular weight excluding hydrogens is 306 g/mol. The Kier molecular flexibility index (Phi) is 5.15. The molecule has 0 aliphatic carbocycles. The van der Waals surface area contributed by atoms with Crippen LogP contribution in [0, 0.1) is 5.92 Å². The standard InChI is InChI=1S/C18H23N3O3/c1-20-17(22)11-16(19-18(20)23)21(12-14-5-3-2-4-6-14)13-15-7-9-24-10-8-15/h2-6,11,15H,7-10,12-13H2,1H3,(H,19,23). The van der Waals surface area contributed by atoms with E-state index >= 15 is 0 Å². The Hall–Kier alpha value is -2.34. The number of nitrogens with zero attached hydrogens (tertiary/aromatic N) is 2. The number of rotatable bonds is 5. The maximum atomic E-state index is 12.0. The second-order valence-electron chi connectivity index (χ2n) is 6.28. The Balaban J connectivity index is 1.88. The van der Waals surface area contributed by atoms with Crippen LogP contribution >= 0.6 is 0 Å². The lowest BCUT2D eigenvalue weighted by Crippen LogP contribution is -2.38. The molecule has 0 saturated carbocycles. The molecule has 0 radical (unpaired) electrons. The van der Waals surface area contributed by atoms with Crippen LogP contribution in [0.15, 0.2) is 46.0 Å². The minimum Gasteiger partial charge on any atom is -0.381 e. The number of aromatic nitrogens is 2. The van der Waals surface area contributed by atoms with Crippen molar-refractivity contribution in [1.82, 2.24) is 9.55 Å². The number of hydrogen-bond donors (Lipinski definition) is 1. The Morgan fingerprint density at radius 1 is 1.21 bits per heavy atom. The van der Waals surface area contributed by atoms with Gasteiger partial charge in [-0.15, -0.1) is 0 Å². The molecule has 0 spiro atoms. The van der Waals surface area contributed by atoms with Crippen LogP contribution in [0.3, 0.4) is 0 Å². The van der Waals surface area contributed by atoms with E-state index in [1.807, 2.05) is 18.2 Å². The Morgan fingerprint density at radius 2 is 1.92 bits per heavy atom. The van der Waals surface area contributed by atoms with E-state index in [2.05, 4.69) is 22.0 Å². The van der Waals surface area contributed by atoms with Gasteiger partial charge in [-0.25, -0.2) is 4.79 Å². The van der Waals surface area contributed by atoms with Crippen molar-refractivity contribution in [2.45, 2.75) is 19.4 Å². The summed E-state index contributed by atoms with van der Waals surface area (Å²) in [5.74, 6) is 1.08. The first-order valence-corrected chi connectivity index (χ1v) is 8.30. The molecule has 1 N–H and O–H groups in total. The third kappa shape index (κ3) is 3.94. The van der Waals surface area contributed by atoms with E-state index < -0.39 is 0 Å². The lowest BCUT2D eigenvalue weighted by Gasteiger charge is -2.31. The van der Waals surface area contributed by atoms with Gasteiger partial charge >= 0.3 is 5.69 Å². The average molecular weight is 329 g/mol. The average Bonchev–Trinajstić information content (AvgIpc) is 2.60. The summed E-state index contributed by atoms with van der Waals surface area (Å²) >= 11 is 0. The monoisotopic (exact) mass is 329 g/mol. The van der Waals surface area contributed by atoms with E-state index in [1.165, 1.54) is 13.1 Å². The molecule has 128 valence electrons. The minimum absolute atomic E-state index is 0.293. The summed E-state index contributed by atoms with van der Waals surface area (Å²) in [6.45, 7) is 3.00. The molecule has 1 fully saturated rings. The van der Waals surface area contributed by atoms with Gasteiger partial charge in [-0.05, 0) is 24.3 Å². The van der Waals surface area contributed by atoms with Gasteiger partial charge in [0.2, 0.25) is 0 Å². The van der Waals surface area contributed by atoms with Crippen molar-refractivity contribution in [1.29, 1.82) is 0 Å². The fourth-order valence-electron chi connectivity index (χ4n) is 3.01. The number of hydrogen-bond acceptors (Lipinski definition) is 4. The number of H-pyrrole nitrogens is 1. The van der Waals surface area contributed by atoms with Crippen molar-refractivity contribution in [2.24, 2.45) is 13.0 Å². The molecule has 1 aromatic heterocycles. The van der Waals surface area contributed by atoms with E-state index in [0.717, 1.165) is 42.7 Å². The van der Waals surface area contributed by atoms with Gasteiger partial charge in [0.15, 0.2) is 0 Å². The van der Waals surface area contributed by atoms with E-state index in [9.17, 15) is 9.59 Å². The van der Waals surface area contributed by atoms with Gasteiger partial charge in [0.1, 0.15) is 5.82 Å². The first-order valence-electron chi connectivity index (χ1n) is 8.30. The fraction of sp³-hybridized carbons (Fsp3) is 0.444. The van der Waals surface area contributed by atoms with Gasteiger partial charge in [-0.2, -0.15) is 0 Å². The van der Waals surface area contributed by atoms with E-state index in [0.29, 0.717) is 18.3 Å². The second-order valence-corrected chi connectivity index (χ2v) is 6.28. The molecule has 1 saturated heterocycles. The molecule has 0 unspecified atom stereocenters. The molecular formula is C18H23N3O3. The fourth-order valence-corrected chi connectivity index (χ4v) is 3.01. The van der Waals surface area contributed by atoms with Crippen molar-refractivity contribution >= 4 is 5.82 Å². The maximum Gasteiger partial charge on any atom is 0.329 e. The second kappa shape index (κ2) is 7.49. The van der Waals surface area contributed by atoms with Crippen molar-refractivity contribution in [3.05, 3.63) is 62.8 Å². The predicted octanol–water partition coefficient (Wildman–Crippen LogP) is 1.51. The molecule has 1 aliphatic rings. The van der Waals surface area contributed by atoms with Crippen LogP contribution in [-0.2, 0) is 18.3 Å². The van der Waals surface area contributed by atoms with Gasteiger partial charge in [0.05, 0.1) is 0 Å².